The van der Waals surface area contributed by atoms with Crippen LogP contribution in [0.3, 0.4) is 0 Å². The molecule has 11 aromatic rings. The van der Waals surface area contributed by atoms with Crippen molar-refractivity contribution >= 4 is 49.4 Å². The van der Waals surface area contributed by atoms with Crippen molar-refractivity contribution in [3.63, 3.8) is 0 Å². The van der Waals surface area contributed by atoms with Crippen LogP contribution in [0, 0.1) is 13.8 Å². The van der Waals surface area contributed by atoms with Crippen molar-refractivity contribution in [2.75, 3.05) is 4.90 Å². The van der Waals surface area contributed by atoms with E-state index < -0.39 is 0 Å². The quantitative estimate of drug-likeness (QED) is 0.151. The van der Waals surface area contributed by atoms with Crippen molar-refractivity contribution in [1.29, 1.82) is 0 Å². The van der Waals surface area contributed by atoms with Gasteiger partial charge in [0.2, 0.25) is 0 Å². The smallest absolute Gasteiger partial charge is 0.0466 e. The molecule has 2 aliphatic rings. The van der Waals surface area contributed by atoms with E-state index in [2.05, 4.69) is 247 Å². The largest absolute Gasteiger partial charge is 0.310 e. The van der Waals surface area contributed by atoms with Gasteiger partial charge in [-0.1, -0.05) is 179 Å². The van der Waals surface area contributed by atoms with E-state index in [9.17, 15) is 0 Å². The van der Waals surface area contributed by atoms with Crippen molar-refractivity contribution in [3.05, 3.63) is 234 Å². The molecule has 11 aromatic carbocycles. The van der Waals surface area contributed by atoms with E-state index in [0.29, 0.717) is 0 Å². The lowest BCUT2D eigenvalue weighted by atomic mass is 9.80. The zero-order valence-corrected chi connectivity index (χ0v) is 39.0. The van der Waals surface area contributed by atoms with E-state index in [4.69, 9.17) is 0 Å². The molecular formula is C66H51N. The molecule has 0 heterocycles. The van der Waals surface area contributed by atoms with Gasteiger partial charge in [0.05, 0.1) is 0 Å². The van der Waals surface area contributed by atoms with Crippen LogP contribution >= 0.6 is 0 Å². The minimum absolute atomic E-state index is 0.0149. The molecule has 67 heavy (non-hydrogen) atoms. The van der Waals surface area contributed by atoms with Crippen LogP contribution in [0.15, 0.2) is 200 Å². The lowest BCUT2D eigenvalue weighted by Crippen LogP contribution is -2.16. The summed E-state index contributed by atoms with van der Waals surface area (Å²) in [5.41, 5.74) is 24.2. The molecule has 0 unspecified atom stereocenters. The number of rotatable bonds is 6. The monoisotopic (exact) mass is 857 g/mol. The average Bonchev–Trinajstić information content (AvgIpc) is 3.72. The van der Waals surface area contributed by atoms with Gasteiger partial charge >= 0.3 is 0 Å². The van der Waals surface area contributed by atoms with Gasteiger partial charge < -0.3 is 4.90 Å². The molecular weight excluding hydrogens is 807 g/mol. The Morgan fingerprint density at radius 2 is 0.866 bits per heavy atom. The molecule has 320 valence electrons. The summed E-state index contributed by atoms with van der Waals surface area (Å²) in [6.45, 7) is 14.0. The summed E-state index contributed by atoms with van der Waals surface area (Å²) in [5, 5.41) is 7.97. The Labute approximate surface area is 394 Å². The molecule has 0 aromatic heterocycles. The summed E-state index contributed by atoms with van der Waals surface area (Å²) >= 11 is 0. The highest BCUT2D eigenvalue weighted by Gasteiger charge is 2.39. The van der Waals surface area contributed by atoms with Crippen molar-refractivity contribution in [2.24, 2.45) is 0 Å². The van der Waals surface area contributed by atoms with Crippen LogP contribution in [-0.4, -0.2) is 0 Å². The summed E-state index contributed by atoms with van der Waals surface area (Å²) in [5.74, 6) is 0. The molecule has 1 nitrogen and oxygen atoms in total. The summed E-state index contributed by atoms with van der Waals surface area (Å²) in [6, 6.07) is 75.6. The number of aryl methyl sites for hydroxylation is 2. The molecule has 2 aliphatic carbocycles. The van der Waals surface area contributed by atoms with Gasteiger partial charge in [-0.25, -0.2) is 0 Å². The number of hydrogen-bond donors (Lipinski definition) is 0. The number of benzene rings is 11. The van der Waals surface area contributed by atoms with Crippen LogP contribution in [0.4, 0.5) is 17.1 Å². The van der Waals surface area contributed by atoms with Crippen molar-refractivity contribution < 1.29 is 0 Å². The van der Waals surface area contributed by atoms with E-state index in [1.165, 1.54) is 127 Å². The Balaban J connectivity index is 0.922. The molecule has 0 N–H and O–H groups in total. The zero-order chi connectivity index (χ0) is 45.3. The van der Waals surface area contributed by atoms with E-state index >= 15 is 0 Å². The average molecular weight is 858 g/mol. The lowest BCUT2D eigenvalue weighted by Gasteiger charge is -2.29. The summed E-state index contributed by atoms with van der Waals surface area (Å²) in [6.07, 6.45) is 0. The van der Waals surface area contributed by atoms with Crippen molar-refractivity contribution in [3.8, 4) is 55.6 Å². The van der Waals surface area contributed by atoms with Gasteiger partial charge in [0, 0.05) is 27.9 Å². The fraction of sp³-hybridized carbons (Fsp3) is 0.121. The van der Waals surface area contributed by atoms with Crippen LogP contribution in [0.25, 0.3) is 88.0 Å². The number of anilines is 3. The fourth-order valence-corrected chi connectivity index (χ4v) is 12.2. The maximum absolute atomic E-state index is 2.50. The highest BCUT2D eigenvalue weighted by Crippen LogP contribution is 2.56. The Morgan fingerprint density at radius 3 is 1.61 bits per heavy atom. The van der Waals surface area contributed by atoms with Gasteiger partial charge in [0.25, 0.3) is 0 Å². The molecule has 13 rings (SSSR count). The van der Waals surface area contributed by atoms with Crippen molar-refractivity contribution in [1.82, 2.24) is 0 Å². The highest BCUT2D eigenvalue weighted by molar-refractivity contribution is 6.28. The predicted octanol–water partition coefficient (Wildman–Crippen LogP) is 18.3. The minimum Gasteiger partial charge on any atom is -0.310 e. The topological polar surface area (TPSA) is 3.24 Å². The first-order valence-corrected chi connectivity index (χ1v) is 23.8. The van der Waals surface area contributed by atoms with Crippen LogP contribution in [0.2, 0.25) is 0 Å². The third-order valence-corrected chi connectivity index (χ3v) is 15.5. The van der Waals surface area contributed by atoms with Gasteiger partial charge in [-0.2, -0.15) is 0 Å². The predicted molar refractivity (Wildman–Crippen MR) is 286 cm³/mol. The second-order valence-corrected chi connectivity index (χ2v) is 20.3. The number of hydrogen-bond acceptors (Lipinski definition) is 1. The van der Waals surface area contributed by atoms with E-state index in [1.54, 1.807) is 0 Å². The second kappa shape index (κ2) is 14.4. The molecule has 0 saturated carbocycles. The third-order valence-electron chi connectivity index (χ3n) is 15.5. The maximum atomic E-state index is 2.50. The van der Waals surface area contributed by atoms with Gasteiger partial charge in [0.15, 0.2) is 0 Å². The van der Waals surface area contributed by atoms with Crippen LogP contribution in [-0.2, 0) is 10.8 Å². The molecule has 0 aliphatic heterocycles. The Kier molecular flexibility index (Phi) is 8.50. The maximum Gasteiger partial charge on any atom is 0.0466 e. The van der Waals surface area contributed by atoms with Crippen LogP contribution in [0.5, 0.6) is 0 Å². The summed E-state index contributed by atoms with van der Waals surface area (Å²) < 4.78 is 0. The molecule has 0 saturated heterocycles. The van der Waals surface area contributed by atoms with E-state index in [1.807, 2.05) is 0 Å². The van der Waals surface area contributed by atoms with E-state index in [-0.39, 0.29) is 10.8 Å². The van der Waals surface area contributed by atoms with Gasteiger partial charge in [0.1, 0.15) is 0 Å². The first kappa shape index (κ1) is 39.6. The third kappa shape index (κ3) is 5.94. The standard InChI is InChI=1S/C66H51N/c1-40-34-41(2)36-51(35-40)67(49-26-20-45(21-27-49)44-18-16-43(17-19-44)42-12-8-7-9-13-42)50-28-32-55-60(39-50)66(5,6)61-38-48-24-30-54-52(29-22-46-23-31-56(64(55)61)63(48)62(46)54)47-25-33-59-57(37-47)53-14-10-11-15-58(53)65(59,3)4/h7-39H,1-6H3. The second-order valence-electron chi connectivity index (χ2n) is 20.3. The number of nitrogens with zero attached hydrogens (tertiary/aromatic N) is 1. The van der Waals surface area contributed by atoms with Gasteiger partial charge in [-0.3, -0.25) is 0 Å². The molecule has 0 spiro atoms. The highest BCUT2D eigenvalue weighted by atomic mass is 15.1. The van der Waals surface area contributed by atoms with Crippen molar-refractivity contribution in [2.45, 2.75) is 52.4 Å². The van der Waals surface area contributed by atoms with Crippen LogP contribution < -0.4 is 4.90 Å². The first-order valence-electron chi connectivity index (χ1n) is 23.8. The Hall–Kier alpha value is -7.74. The van der Waals surface area contributed by atoms with Crippen LogP contribution in [0.1, 0.15) is 61.1 Å². The Bertz CT molecular complexity index is 3770. The molecule has 0 amide bonds. The molecule has 0 bridgehead atoms. The fourth-order valence-electron chi connectivity index (χ4n) is 12.2. The van der Waals surface area contributed by atoms with Gasteiger partial charge in [-0.05, 0) is 184 Å². The number of fused-ring (bicyclic) bond motifs is 7. The SMILES string of the molecule is Cc1cc(C)cc(N(c2ccc(-c3ccc(-c4ccccc4)cc3)cc2)c2ccc3c(c2)C(C)(C)c2cc4ccc5c(-c6ccc7c(c6)-c6ccccc6C7(C)C)ccc6ccc(c2-3)c4c65)c1. The normalized spacial score (nSPS) is 14.1. The van der Waals surface area contributed by atoms with E-state index in [0.717, 1.165) is 11.4 Å². The summed E-state index contributed by atoms with van der Waals surface area (Å²) in [4.78, 5) is 2.45. The molecule has 0 fully saturated rings. The lowest BCUT2D eigenvalue weighted by molar-refractivity contribution is 0.660. The molecule has 0 atom stereocenters. The summed E-state index contributed by atoms with van der Waals surface area (Å²) in [7, 11) is 0. The van der Waals surface area contributed by atoms with Gasteiger partial charge in [-0.15, -0.1) is 0 Å². The molecule has 1 heteroatoms. The molecule has 0 radical (unpaired) electrons. The Morgan fingerprint density at radius 1 is 0.313 bits per heavy atom. The zero-order valence-electron chi connectivity index (χ0n) is 39.0. The first-order chi connectivity index (χ1) is 32.5. The minimum atomic E-state index is -0.214.